The van der Waals surface area contributed by atoms with Crippen LogP contribution in [-0.2, 0) is 24.4 Å². The van der Waals surface area contributed by atoms with E-state index in [1.807, 2.05) is 72.8 Å². The fourth-order valence-corrected chi connectivity index (χ4v) is 5.01. The van der Waals surface area contributed by atoms with Crippen molar-refractivity contribution in [3.8, 4) is 28.5 Å². The molecule has 1 aliphatic rings. The van der Waals surface area contributed by atoms with Crippen molar-refractivity contribution in [2.45, 2.75) is 32.1 Å². The second-order valence-electron chi connectivity index (χ2n) is 9.77. The molecule has 40 heavy (non-hydrogen) atoms. The molecular weight excluding hydrogens is 508 g/mol. The molecule has 0 aliphatic carbocycles. The van der Waals surface area contributed by atoms with E-state index in [1.54, 1.807) is 43.9 Å². The molecule has 1 N–H and O–H groups in total. The van der Waals surface area contributed by atoms with Crippen LogP contribution in [0.2, 0.25) is 0 Å². The van der Waals surface area contributed by atoms with Gasteiger partial charge in [-0.15, -0.1) is 0 Å². The Balaban J connectivity index is 1.51. The van der Waals surface area contributed by atoms with Crippen LogP contribution in [0.5, 0.6) is 17.2 Å². The fraction of sp³-hybridized carbons (Fsp3) is 0.258. The van der Waals surface area contributed by atoms with Crippen LogP contribution >= 0.6 is 0 Å². The third-order valence-electron chi connectivity index (χ3n) is 7.33. The maximum absolute atomic E-state index is 14.1. The van der Waals surface area contributed by atoms with Gasteiger partial charge in [-0.3, -0.25) is 14.3 Å². The van der Waals surface area contributed by atoms with Gasteiger partial charge in [-0.1, -0.05) is 36.4 Å². The summed E-state index contributed by atoms with van der Waals surface area (Å²) in [7, 11) is 4.79. The van der Waals surface area contributed by atoms with Crippen molar-refractivity contribution in [2.75, 3.05) is 21.3 Å². The molecule has 0 spiro atoms. The van der Waals surface area contributed by atoms with Gasteiger partial charge in [0, 0.05) is 23.2 Å². The van der Waals surface area contributed by atoms with Crippen LogP contribution in [0, 0.1) is 0 Å². The SMILES string of the molecule is COc1ccc(-c2cc3n(n2)C[C@](C)(C(=O)NCc2ccccc2OC)N(Cc2ccccc2OC)C3=O)cc1. The van der Waals surface area contributed by atoms with E-state index in [-0.39, 0.29) is 31.4 Å². The number of carbonyl (C=O) groups excluding carboxylic acids is 2. The number of para-hydroxylation sites is 2. The summed E-state index contributed by atoms with van der Waals surface area (Å²) >= 11 is 0. The van der Waals surface area contributed by atoms with Crippen molar-refractivity contribution in [3.63, 3.8) is 0 Å². The van der Waals surface area contributed by atoms with Gasteiger partial charge < -0.3 is 24.4 Å². The number of aromatic nitrogens is 2. The normalized spacial score (nSPS) is 16.3. The predicted molar refractivity (Wildman–Crippen MR) is 150 cm³/mol. The van der Waals surface area contributed by atoms with E-state index >= 15 is 0 Å². The molecule has 9 nitrogen and oxygen atoms in total. The number of amides is 2. The summed E-state index contributed by atoms with van der Waals surface area (Å²) in [5, 5.41) is 7.76. The quantitative estimate of drug-likeness (QED) is 0.340. The molecule has 1 aromatic heterocycles. The summed E-state index contributed by atoms with van der Waals surface area (Å²) in [6.45, 7) is 2.38. The molecule has 206 valence electrons. The topological polar surface area (TPSA) is 94.9 Å². The molecule has 0 radical (unpaired) electrons. The average Bonchev–Trinajstić information content (AvgIpc) is 3.42. The first-order valence-corrected chi connectivity index (χ1v) is 12.9. The van der Waals surface area contributed by atoms with E-state index in [0.717, 1.165) is 22.4 Å². The Bertz CT molecular complexity index is 1530. The van der Waals surface area contributed by atoms with E-state index in [0.29, 0.717) is 22.9 Å². The molecular formula is C31H32N4O5. The molecule has 2 amide bonds. The van der Waals surface area contributed by atoms with Crippen molar-refractivity contribution >= 4 is 11.8 Å². The van der Waals surface area contributed by atoms with Crippen LogP contribution in [0.25, 0.3) is 11.3 Å². The van der Waals surface area contributed by atoms with Gasteiger partial charge in [-0.2, -0.15) is 5.10 Å². The van der Waals surface area contributed by atoms with Crippen LogP contribution in [0.1, 0.15) is 28.5 Å². The van der Waals surface area contributed by atoms with Crippen molar-refractivity contribution < 1.29 is 23.8 Å². The smallest absolute Gasteiger partial charge is 0.273 e. The number of ether oxygens (including phenoxy) is 3. The molecule has 0 unspecified atom stereocenters. The Morgan fingerprint density at radius 1 is 0.900 bits per heavy atom. The Morgan fingerprint density at radius 3 is 2.17 bits per heavy atom. The number of carbonyl (C=O) groups is 2. The molecule has 4 aromatic rings. The van der Waals surface area contributed by atoms with Crippen LogP contribution in [-0.4, -0.2) is 53.4 Å². The Hall–Kier alpha value is -4.79. The predicted octanol–water partition coefficient (Wildman–Crippen LogP) is 4.31. The number of hydrogen-bond donors (Lipinski definition) is 1. The fourth-order valence-electron chi connectivity index (χ4n) is 5.01. The summed E-state index contributed by atoms with van der Waals surface area (Å²) in [4.78, 5) is 29.6. The van der Waals surface area contributed by atoms with Crippen LogP contribution in [0.15, 0.2) is 78.9 Å². The lowest BCUT2D eigenvalue weighted by atomic mass is 9.93. The second kappa shape index (κ2) is 11.1. The minimum absolute atomic E-state index is 0.178. The zero-order valence-corrected chi connectivity index (χ0v) is 23.0. The molecule has 2 heterocycles. The summed E-state index contributed by atoms with van der Waals surface area (Å²) in [5.41, 5.74) is 2.29. The second-order valence-corrected chi connectivity index (χ2v) is 9.77. The van der Waals surface area contributed by atoms with Gasteiger partial charge in [0.25, 0.3) is 5.91 Å². The molecule has 0 saturated heterocycles. The van der Waals surface area contributed by atoms with Gasteiger partial charge >= 0.3 is 0 Å². The Kier molecular flexibility index (Phi) is 7.46. The Labute approximate surface area is 233 Å². The maximum atomic E-state index is 14.1. The third kappa shape index (κ3) is 4.98. The lowest BCUT2D eigenvalue weighted by Crippen LogP contribution is -2.63. The zero-order valence-electron chi connectivity index (χ0n) is 23.0. The third-order valence-corrected chi connectivity index (χ3v) is 7.33. The number of fused-ring (bicyclic) bond motifs is 1. The molecule has 9 heteroatoms. The molecule has 0 bridgehead atoms. The molecule has 5 rings (SSSR count). The minimum atomic E-state index is -1.24. The minimum Gasteiger partial charge on any atom is -0.497 e. The van der Waals surface area contributed by atoms with Gasteiger partial charge in [0.15, 0.2) is 0 Å². The molecule has 3 aromatic carbocycles. The van der Waals surface area contributed by atoms with E-state index < -0.39 is 5.54 Å². The highest BCUT2D eigenvalue weighted by Crippen LogP contribution is 2.33. The van der Waals surface area contributed by atoms with Gasteiger partial charge in [0.1, 0.15) is 28.5 Å². The van der Waals surface area contributed by atoms with Gasteiger partial charge in [0.05, 0.1) is 40.1 Å². The standard InChI is InChI=1S/C31H32N4O5/c1-31(30(37)32-18-22-9-5-7-11-27(22)39-3)20-35-26(17-25(33-35)21-13-15-24(38-2)16-14-21)29(36)34(31)19-23-10-6-8-12-28(23)40-4/h5-17H,18-20H2,1-4H3,(H,32,37)/t31-/m1/s1. The number of benzene rings is 3. The summed E-state index contributed by atoms with van der Waals surface area (Å²) in [6, 6.07) is 24.2. The number of methoxy groups -OCH3 is 3. The van der Waals surface area contributed by atoms with Crippen molar-refractivity contribution in [1.82, 2.24) is 20.0 Å². The number of rotatable bonds is 9. The largest absolute Gasteiger partial charge is 0.497 e. The van der Waals surface area contributed by atoms with E-state index in [4.69, 9.17) is 19.3 Å². The van der Waals surface area contributed by atoms with Gasteiger partial charge in [-0.05, 0) is 49.4 Å². The summed E-state index contributed by atoms with van der Waals surface area (Å²) < 4.78 is 17.9. The number of hydrogen-bond acceptors (Lipinski definition) is 6. The van der Waals surface area contributed by atoms with E-state index in [2.05, 4.69) is 5.32 Å². The first-order chi connectivity index (χ1) is 19.4. The lowest BCUT2D eigenvalue weighted by Gasteiger charge is -2.43. The average molecular weight is 541 g/mol. The molecule has 1 aliphatic heterocycles. The molecule has 0 fully saturated rings. The van der Waals surface area contributed by atoms with Crippen LogP contribution < -0.4 is 19.5 Å². The Morgan fingerprint density at radius 2 is 1.52 bits per heavy atom. The van der Waals surface area contributed by atoms with Crippen molar-refractivity contribution in [3.05, 3.63) is 95.7 Å². The highest BCUT2D eigenvalue weighted by atomic mass is 16.5. The monoisotopic (exact) mass is 540 g/mol. The van der Waals surface area contributed by atoms with Crippen molar-refractivity contribution in [2.24, 2.45) is 0 Å². The summed E-state index contributed by atoms with van der Waals surface area (Å²) in [6.07, 6.45) is 0. The van der Waals surface area contributed by atoms with Gasteiger partial charge in [-0.25, -0.2) is 0 Å². The van der Waals surface area contributed by atoms with Crippen molar-refractivity contribution in [1.29, 1.82) is 0 Å². The van der Waals surface area contributed by atoms with Crippen LogP contribution in [0.4, 0.5) is 0 Å². The highest BCUT2D eigenvalue weighted by molar-refractivity contribution is 6.00. The first kappa shape index (κ1) is 26.8. The molecule has 1 atom stereocenters. The number of nitrogens with one attached hydrogen (secondary N) is 1. The highest BCUT2D eigenvalue weighted by Gasteiger charge is 2.48. The van der Waals surface area contributed by atoms with Crippen LogP contribution in [0.3, 0.4) is 0 Å². The first-order valence-electron chi connectivity index (χ1n) is 12.9. The summed E-state index contributed by atoms with van der Waals surface area (Å²) in [5.74, 6) is 1.46. The lowest BCUT2D eigenvalue weighted by molar-refractivity contribution is -0.133. The zero-order chi connectivity index (χ0) is 28.3. The van der Waals surface area contributed by atoms with E-state index in [9.17, 15) is 9.59 Å². The van der Waals surface area contributed by atoms with Gasteiger partial charge in [0.2, 0.25) is 5.91 Å². The maximum Gasteiger partial charge on any atom is 0.273 e. The molecule has 0 saturated carbocycles. The number of nitrogens with zero attached hydrogens (tertiary/aromatic N) is 3. The van der Waals surface area contributed by atoms with E-state index in [1.165, 1.54) is 0 Å².